The molecule has 0 radical (unpaired) electrons. The Balaban J connectivity index is 0.741. The lowest BCUT2D eigenvalue weighted by Crippen LogP contribution is -2.51. The molecule has 4 saturated heterocycles. The van der Waals surface area contributed by atoms with Crippen LogP contribution in [0.2, 0.25) is 0 Å². The summed E-state index contributed by atoms with van der Waals surface area (Å²) in [5.41, 5.74) is 9.66. The molecular formula is C47H51F3N10O4. The van der Waals surface area contributed by atoms with Crippen molar-refractivity contribution in [3.63, 3.8) is 0 Å². The van der Waals surface area contributed by atoms with E-state index in [1.54, 1.807) is 64.5 Å². The molecule has 2 aromatic carbocycles. The topological polar surface area (TPSA) is 166 Å². The normalized spacial score (nSPS) is 21.9. The Morgan fingerprint density at radius 3 is 2.38 bits per heavy atom. The van der Waals surface area contributed by atoms with Crippen LogP contribution in [0.1, 0.15) is 90.7 Å². The van der Waals surface area contributed by atoms with Crippen LogP contribution in [0.25, 0.3) is 22.3 Å². The Hall–Kier alpha value is -6.23. The van der Waals surface area contributed by atoms with Crippen molar-refractivity contribution in [3.05, 3.63) is 89.7 Å². The Morgan fingerprint density at radius 1 is 0.906 bits per heavy atom. The molecule has 4 aliphatic heterocycles. The molecule has 1 atom stereocenters. The molecule has 0 unspecified atom stereocenters. The first-order valence-electron chi connectivity index (χ1n) is 22.3. The standard InChI is InChI=1S/C47H51F3N10O4/c48-46(27-56-16-11-33(12-17-56)60-26-37(30-7-8-30)36-21-34(24-52-43(36)60)59-18-13-41(62)53-45(59)64)14-19-57(20-15-46)44(63)31-9-5-29(6-10-31)32-23-47(49,50)28-58(25-32)39-22-38(54-55-42(39)51)35-3-1-2-4-40(35)61/h1-6,9-10,21-22,24,26,30,32-33,61H,7-8,11-20,23,25,27-28H2,(H2,51,55)(H,53,62,64)/t32-/m0/s1. The molecule has 5 aliphatic rings. The SMILES string of the molecule is Nc1nnc(-c2ccccc2O)cc1N1C[C@@H](c2ccc(C(=O)N3CCC(F)(CN4CCC(n5cc(C6CC6)c6cc(N7CCC(=O)NC7=O)cnc65)CC4)CC3)cc2)CC(F)(F)C1. The van der Waals surface area contributed by atoms with Crippen molar-refractivity contribution in [1.82, 2.24) is 34.9 Å². The zero-order valence-electron chi connectivity index (χ0n) is 35.4. The van der Waals surface area contributed by atoms with Crippen molar-refractivity contribution < 1.29 is 32.7 Å². The number of urea groups is 1. The summed E-state index contributed by atoms with van der Waals surface area (Å²) in [5, 5.41) is 21.9. The number of amides is 4. The number of likely N-dealkylation sites (tertiary alicyclic amines) is 2. The van der Waals surface area contributed by atoms with Gasteiger partial charge in [0.2, 0.25) is 5.91 Å². The largest absolute Gasteiger partial charge is 0.507 e. The number of halogens is 3. The van der Waals surface area contributed by atoms with Crippen molar-refractivity contribution in [2.75, 3.05) is 67.9 Å². The van der Waals surface area contributed by atoms with Crippen molar-refractivity contribution >= 4 is 46.1 Å². The van der Waals surface area contributed by atoms with Gasteiger partial charge in [-0.2, -0.15) is 0 Å². The van der Waals surface area contributed by atoms with Crippen LogP contribution in [-0.4, -0.2) is 116 Å². The lowest BCUT2D eigenvalue weighted by Gasteiger charge is -2.41. The van der Waals surface area contributed by atoms with Gasteiger partial charge in [-0.1, -0.05) is 24.3 Å². The summed E-state index contributed by atoms with van der Waals surface area (Å²) in [6.07, 6.45) is 8.19. The smallest absolute Gasteiger partial charge is 0.328 e. The number of imide groups is 1. The van der Waals surface area contributed by atoms with Gasteiger partial charge < -0.3 is 30.1 Å². The second-order valence-corrected chi connectivity index (χ2v) is 18.3. The van der Waals surface area contributed by atoms with E-state index >= 15 is 13.2 Å². The van der Waals surface area contributed by atoms with Crippen LogP contribution >= 0.6 is 0 Å². The average molecular weight is 877 g/mol. The van der Waals surface area contributed by atoms with Gasteiger partial charge in [0.15, 0.2) is 5.82 Å². The number of fused-ring (bicyclic) bond motifs is 1. The summed E-state index contributed by atoms with van der Waals surface area (Å²) in [5.74, 6) is -3.63. The number of phenolic OH excluding ortho intramolecular Hbond substituents is 1. The third kappa shape index (κ3) is 8.32. The van der Waals surface area contributed by atoms with E-state index in [-0.39, 0.29) is 74.7 Å². The van der Waals surface area contributed by atoms with Gasteiger partial charge in [-0.25, -0.2) is 22.9 Å². The molecule has 3 aromatic heterocycles. The van der Waals surface area contributed by atoms with Crippen LogP contribution in [0.5, 0.6) is 5.75 Å². The zero-order valence-corrected chi connectivity index (χ0v) is 35.4. The number of alkyl halides is 3. The number of pyridine rings is 1. The predicted molar refractivity (Wildman–Crippen MR) is 235 cm³/mol. The number of para-hydroxylation sites is 1. The van der Waals surface area contributed by atoms with Crippen LogP contribution in [0, 0.1) is 0 Å². The number of anilines is 3. The van der Waals surface area contributed by atoms with Gasteiger partial charge in [-0.3, -0.25) is 19.8 Å². The number of carbonyl (C=O) groups is 3. The average Bonchev–Trinajstić information content (AvgIpc) is 4.06. The lowest BCUT2D eigenvalue weighted by atomic mass is 9.87. The summed E-state index contributed by atoms with van der Waals surface area (Å²) in [6, 6.07) is 16.7. The molecule has 0 bridgehead atoms. The third-order valence-corrected chi connectivity index (χ3v) is 13.8. The van der Waals surface area contributed by atoms with Crippen LogP contribution < -0.4 is 20.9 Å². The lowest BCUT2D eigenvalue weighted by molar-refractivity contribution is -0.120. The molecule has 17 heteroatoms. The number of nitrogen functional groups attached to an aromatic ring is 1. The number of nitrogens with zero attached hydrogens (tertiary/aromatic N) is 8. The highest BCUT2D eigenvalue weighted by Crippen LogP contribution is 2.46. The van der Waals surface area contributed by atoms with Crippen LogP contribution in [0.4, 0.5) is 35.2 Å². The molecule has 334 valence electrons. The number of phenols is 1. The van der Waals surface area contributed by atoms with E-state index in [1.165, 1.54) is 16.5 Å². The number of hydrogen-bond donors (Lipinski definition) is 3. The molecule has 5 aromatic rings. The van der Waals surface area contributed by atoms with Gasteiger partial charge >= 0.3 is 6.03 Å². The fourth-order valence-electron chi connectivity index (χ4n) is 10.2. The highest BCUT2D eigenvalue weighted by molar-refractivity contribution is 6.06. The maximum atomic E-state index is 16.5. The van der Waals surface area contributed by atoms with Gasteiger partial charge in [0.25, 0.3) is 11.8 Å². The number of benzene rings is 2. The van der Waals surface area contributed by atoms with E-state index in [4.69, 9.17) is 10.7 Å². The Bertz CT molecular complexity index is 2600. The zero-order chi connectivity index (χ0) is 44.3. The van der Waals surface area contributed by atoms with E-state index in [0.29, 0.717) is 52.8 Å². The van der Waals surface area contributed by atoms with Crippen LogP contribution in [0.3, 0.4) is 0 Å². The van der Waals surface area contributed by atoms with E-state index in [9.17, 15) is 19.5 Å². The number of nitrogens with one attached hydrogen (secondary N) is 1. The van der Waals surface area contributed by atoms with Crippen molar-refractivity contribution in [3.8, 4) is 17.0 Å². The summed E-state index contributed by atoms with van der Waals surface area (Å²) >= 11 is 0. The second-order valence-electron chi connectivity index (χ2n) is 18.3. The number of nitrogens with two attached hydrogens (primary N) is 1. The minimum absolute atomic E-state index is 0.00558. The Morgan fingerprint density at radius 2 is 1.66 bits per heavy atom. The Labute approximate surface area is 368 Å². The predicted octanol–water partition coefficient (Wildman–Crippen LogP) is 7.02. The molecule has 10 rings (SSSR count). The summed E-state index contributed by atoms with van der Waals surface area (Å²) in [6.45, 7) is 2.34. The number of aromatic nitrogens is 4. The molecular weight excluding hydrogens is 826 g/mol. The third-order valence-electron chi connectivity index (χ3n) is 13.8. The first kappa shape index (κ1) is 41.8. The van der Waals surface area contributed by atoms with E-state index in [1.807, 2.05) is 6.07 Å². The fourth-order valence-corrected chi connectivity index (χ4v) is 10.2. The first-order valence-corrected chi connectivity index (χ1v) is 22.3. The molecule has 4 N–H and O–H groups in total. The van der Waals surface area contributed by atoms with Gasteiger partial charge in [0.05, 0.1) is 29.8 Å². The maximum absolute atomic E-state index is 16.5. The summed E-state index contributed by atoms with van der Waals surface area (Å²) < 4.78 is 49.4. The second kappa shape index (κ2) is 16.4. The molecule has 14 nitrogen and oxygen atoms in total. The molecule has 1 saturated carbocycles. The van der Waals surface area contributed by atoms with E-state index in [2.05, 4.69) is 31.2 Å². The van der Waals surface area contributed by atoms with Gasteiger partial charge in [0, 0.05) is 106 Å². The van der Waals surface area contributed by atoms with E-state index in [0.717, 1.165) is 49.8 Å². The van der Waals surface area contributed by atoms with E-state index < -0.39 is 30.1 Å². The van der Waals surface area contributed by atoms with Crippen molar-refractivity contribution in [1.29, 1.82) is 0 Å². The van der Waals surface area contributed by atoms with Crippen LogP contribution in [-0.2, 0) is 4.79 Å². The van der Waals surface area contributed by atoms with Gasteiger partial charge in [-0.15, -0.1) is 10.2 Å². The van der Waals surface area contributed by atoms with Gasteiger partial charge in [-0.05, 0) is 79.1 Å². The van der Waals surface area contributed by atoms with Crippen molar-refractivity contribution in [2.24, 2.45) is 0 Å². The molecule has 1 aliphatic carbocycles. The molecule has 0 spiro atoms. The fraction of sp³-hybridized carbons (Fsp3) is 0.447. The van der Waals surface area contributed by atoms with Crippen molar-refractivity contribution in [2.45, 2.75) is 80.8 Å². The first-order chi connectivity index (χ1) is 30.8. The minimum Gasteiger partial charge on any atom is -0.507 e. The monoisotopic (exact) mass is 876 g/mol. The Kier molecular flexibility index (Phi) is 10.7. The molecule has 7 heterocycles. The summed E-state index contributed by atoms with van der Waals surface area (Å²) in [7, 11) is 0. The highest BCUT2D eigenvalue weighted by Gasteiger charge is 2.43. The highest BCUT2D eigenvalue weighted by atomic mass is 19.3. The van der Waals surface area contributed by atoms with Gasteiger partial charge in [0.1, 0.15) is 17.1 Å². The molecule has 64 heavy (non-hydrogen) atoms. The molecule has 5 fully saturated rings. The number of hydrogen-bond acceptors (Lipinski definition) is 10. The maximum Gasteiger partial charge on any atom is 0.328 e. The number of piperidine rings is 3. The number of carbonyl (C=O) groups excluding carboxylic acids is 3. The van der Waals surface area contributed by atoms with Crippen LogP contribution in [0.15, 0.2) is 73.1 Å². The number of aromatic hydroxyl groups is 1. The minimum atomic E-state index is -3.04. The number of rotatable bonds is 9. The summed E-state index contributed by atoms with van der Waals surface area (Å²) in [4.78, 5) is 49.8. The molecule has 4 amide bonds. The quantitative estimate of drug-likeness (QED) is 0.140.